The minimum Gasteiger partial charge on any atom is -0.396 e. The summed E-state index contributed by atoms with van der Waals surface area (Å²) in [5.74, 6) is 0. The molecule has 0 spiro atoms. The highest BCUT2D eigenvalue weighted by atomic mass is 16.2. The van der Waals surface area contributed by atoms with Crippen LogP contribution in [-0.2, 0) is 6.54 Å². The van der Waals surface area contributed by atoms with Gasteiger partial charge in [0.25, 0.3) is 0 Å². The van der Waals surface area contributed by atoms with Gasteiger partial charge in [-0.25, -0.2) is 0 Å². The number of rotatable bonds is 7. The van der Waals surface area contributed by atoms with E-state index in [1.807, 2.05) is 0 Å². The van der Waals surface area contributed by atoms with Gasteiger partial charge in [-0.15, -0.1) is 0 Å². The largest absolute Gasteiger partial charge is 0.396 e. The first-order valence-corrected chi connectivity index (χ1v) is 7.49. The van der Waals surface area contributed by atoms with Gasteiger partial charge in [0.05, 0.1) is 0 Å². The highest BCUT2D eigenvalue weighted by molar-refractivity contribution is 5.14. The normalized spacial score (nSPS) is 20.6. The van der Waals surface area contributed by atoms with Crippen molar-refractivity contribution >= 4 is 0 Å². The third-order valence-electron chi connectivity index (χ3n) is 3.77. The summed E-state index contributed by atoms with van der Waals surface area (Å²) in [6.45, 7) is 4.77. The van der Waals surface area contributed by atoms with Crippen molar-refractivity contribution in [3.8, 4) is 0 Å². The standard InChI is InChI=1S/C16H26N2O/c19-12-5-4-10-17-16-9-6-11-18(14-16)13-15-7-2-1-3-8-15/h1-3,7-8,16-17,19H,4-6,9-14H2. The van der Waals surface area contributed by atoms with E-state index in [2.05, 4.69) is 40.5 Å². The van der Waals surface area contributed by atoms with Crippen molar-refractivity contribution in [1.82, 2.24) is 10.2 Å². The van der Waals surface area contributed by atoms with E-state index in [1.54, 1.807) is 0 Å². The molecule has 1 heterocycles. The summed E-state index contributed by atoms with van der Waals surface area (Å²) in [5, 5.41) is 12.4. The van der Waals surface area contributed by atoms with E-state index in [9.17, 15) is 0 Å². The van der Waals surface area contributed by atoms with Crippen molar-refractivity contribution in [2.75, 3.05) is 26.2 Å². The molecule has 1 saturated heterocycles. The van der Waals surface area contributed by atoms with Gasteiger partial charge in [0.15, 0.2) is 0 Å². The second-order valence-electron chi connectivity index (χ2n) is 5.44. The third-order valence-corrected chi connectivity index (χ3v) is 3.77. The molecule has 0 radical (unpaired) electrons. The van der Waals surface area contributed by atoms with Crippen LogP contribution in [0.5, 0.6) is 0 Å². The van der Waals surface area contributed by atoms with Crippen LogP contribution in [0, 0.1) is 0 Å². The van der Waals surface area contributed by atoms with Crippen molar-refractivity contribution in [2.45, 2.75) is 38.3 Å². The number of nitrogens with zero attached hydrogens (tertiary/aromatic N) is 1. The molecule has 1 fully saturated rings. The van der Waals surface area contributed by atoms with Crippen LogP contribution >= 0.6 is 0 Å². The maximum absolute atomic E-state index is 8.77. The average molecular weight is 262 g/mol. The van der Waals surface area contributed by atoms with Gasteiger partial charge in [0.2, 0.25) is 0 Å². The number of nitrogens with one attached hydrogen (secondary N) is 1. The van der Waals surface area contributed by atoms with Gasteiger partial charge in [-0.2, -0.15) is 0 Å². The van der Waals surface area contributed by atoms with E-state index in [0.29, 0.717) is 12.6 Å². The quantitative estimate of drug-likeness (QED) is 0.738. The van der Waals surface area contributed by atoms with Crippen LogP contribution in [0.15, 0.2) is 30.3 Å². The number of hydrogen-bond acceptors (Lipinski definition) is 3. The van der Waals surface area contributed by atoms with E-state index in [0.717, 1.165) is 32.5 Å². The van der Waals surface area contributed by atoms with Crippen molar-refractivity contribution < 1.29 is 5.11 Å². The van der Waals surface area contributed by atoms with Gasteiger partial charge in [-0.3, -0.25) is 4.90 Å². The first-order chi connectivity index (χ1) is 9.38. The number of likely N-dealkylation sites (tertiary alicyclic amines) is 1. The second-order valence-corrected chi connectivity index (χ2v) is 5.44. The highest BCUT2D eigenvalue weighted by Gasteiger charge is 2.18. The van der Waals surface area contributed by atoms with Crippen molar-refractivity contribution in [3.63, 3.8) is 0 Å². The van der Waals surface area contributed by atoms with Crippen LogP contribution in [0.25, 0.3) is 0 Å². The Morgan fingerprint density at radius 1 is 1.21 bits per heavy atom. The monoisotopic (exact) mass is 262 g/mol. The summed E-state index contributed by atoms with van der Waals surface area (Å²) in [6, 6.07) is 11.3. The first kappa shape index (κ1) is 14.5. The summed E-state index contributed by atoms with van der Waals surface area (Å²) in [4.78, 5) is 2.54. The molecule has 0 aliphatic carbocycles. The molecule has 0 amide bonds. The van der Waals surface area contributed by atoms with Crippen molar-refractivity contribution in [1.29, 1.82) is 0 Å². The molecular weight excluding hydrogens is 236 g/mol. The van der Waals surface area contributed by atoms with Crippen LogP contribution in [0.3, 0.4) is 0 Å². The maximum atomic E-state index is 8.77. The Kier molecular flexibility index (Phi) is 6.34. The molecule has 1 atom stereocenters. The number of unbranched alkanes of at least 4 members (excludes halogenated alkanes) is 1. The van der Waals surface area contributed by atoms with Crippen LogP contribution < -0.4 is 5.32 Å². The minimum atomic E-state index is 0.312. The highest BCUT2D eigenvalue weighted by Crippen LogP contribution is 2.13. The lowest BCUT2D eigenvalue weighted by Crippen LogP contribution is -2.45. The average Bonchev–Trinajstić information content (AvgIpc) is 2.45. The Bertz CT molecular complexity index is 342. The molecule has 3 nitrogen and oxygen atoms in total. The fourth-order valence-electron chi connectivity index (χ4n) is 2.75. The van der Waals surface area contributed by atoms with Crippen LogP contribution in [-0.4, -0.2) is 42.3 Å². The third kappa shape index (κ3) is 5.31. The number of hydrogen-bond donors (Lipinski definition) is 2. The molecule has 0 saturated carbocycles. The zero-order chi connectivity index (χ0) is 13.3. The van der Waals surface area contributed by atoms with Crippen LogP contribution in [0.2, 0.25) is 0 Å². The number of aliphatic hydroxyl groups excluding tert-OH is 1. The number of benzene rings is 1. The van der Waals surface area contributed by atoms with Gasteiger partial charge in [-0.1, -0.05) is 30.3 Å². The fourth-order valence-corrected chi connectivity index (χ4v) is 2.75. The van der Waals surface area contributed by atoms with Gasteiger partial charge < -0.3 is 10.4 Å². The molecule has 1 aliphatic rings. The Morgan fingerprint density at radius 3 is 2.84 bits per heavy atom. The van der Waals surface area contributed by atoms with E-state index < -0.39 is 0 Å². The summed E-state index contributed by atoms with van der Waals surface area (Å²) >= 11 is 0. The number of piperidine rings is 1. The van der Waals surface area contributed by atoms with Crippen molar-refractivity contribution in [3.05, 3.63) is 35.9 Å². The Morgan fingerprint density at radius 2 is 2.05 bits per heavy atom. The molecule has 2 rings (SSSR count). The summed E-state index contributed by atoms with van der Waals surface area (Å²) < 4.78 is 0. The molecule has 1 unspecified atom stereocenters. The second kappa shape index (κ2) is 8.31. The van der Waals surface area contributed by atoms with Gasteiger partial charge in [0.1, 0.15) is 0 Å². The molecule has 1 aromatic rings. The topological polar surface area (TPSA) is 35.5 Å². The molecule has 0 aromatic heterocycles. The lowest BCUT2D eigenvalue weighted by atomic mass is 10.0. The summed E-state index contributed by atoms with van der Waals surface area (Å²) in [5.41, 5.74) is 1.41. The van der Waals surface area contributed by atoms with Crippen LogP contribution in [0.1, 0.15) is 31.2 Å². The Hall–Kier alpha value is -0.900. The molecule has 0 bridgehead atoms. The predicted octanol–water partition coefficient (Wildman–Crippen LogP) is 2.01. The molecular formula is C16H26N2O. The molecule has 106 valence electrons. The van der Waals surface area contributed by atoms with E-state index in [-0.39, 0.29) is 0 Å². The van der Waals surface area contributed by atoms with Gasteiger partial charge in [-0.05, 0) is 44.3 Å². The SMILES string of the molecule is OCCCCNC1CCCN(Cc2ccccc2)C1. The Balaban J connectivity index is 1.71. The van der Waals surface area contributed by atoms with E-state index in [4.69, 9.17) is 5.11 Å². The summed E-state index contributed by atoms with van der Waals surface area (Å²) in [6.07, 6.45) is 4.55. The van der Waals surface area contributed by atoms with E-state index >= 15 is 0 Å². The molecule has 19 heavy (non-hydrogen) atoms. The molecule has 3 heteroatoms. The van der Waals surface area contributed by atoms with Crippen LogP contribution in [0.4, 0.5) is 0 Å². The molecule has 1 aromatic carbocycles. The van der Waals surface area contributed by atoms with Crippen molar-refractivity contribution in [2.24, 2.45) is 0 Å². The Labute approximate surface area is 116 Å². The molecule has 2 N–H and O–H groups in total. The van der Waals surface area contributed by atoms with E-state index in [1.165, 1.54) is 24.9 Å². The minimum absolute atomic E-state index is 0.312. The first-order valence-electron chi connectivity index (χ1n) is 7.49. The van der Waals surface area contributed by atoms with Gasteiger partial charge >= 0.3 is 0 Å². The number of aliphatic hydroxyl groups is 1. The molecule has 1 aliphatic heterocycles. The zero-order valence-electron chi connectivity index (χ0n) is 11.7. The zero-order valence-corrected chi connectivity index (χ0v) is 11.7. The van der Waals surface area contributed by atoms with Gasteiger partial charge in [0, 0.05) is 25.7 Å². The lowest BCUT2D eigenvalue weighted by molar-refractivity contribution is 0.182. The fraction of sp³-hybridized carbons (Fsp3) is 0.625. The maximum Gasteiger partial charge on any atom is 0.0431 e. The smallest absolute Gasteiger partial charge is 0.0431 e. The summed E-state index contributed by atoms with van der Waals surface area (Å²) in [7, 11) is 0. The lowest BCUT2D eigenvalue weighted by Gasteiger charge is -2.33. The predicted molar refractivity (Wildman–Crippen MR) is 79.1 cm³/mol.